The van der Waals surface area contributed by atoms with E-state index in [2.05, 4.69) is 10.1 Å². The highest BCUT2D eigenvalue weighted by atomic mass is 35.5. The molecule has 0 amide bonds. The third-order valence-electron chi connectivity index (χ3n) is 3.75. The highest BCUT2D eigenvalue weighted by molar-refractivity contribution is 6.42. The summed E-state index contributed by atoms with van der Waals surface area (Å²) in [6, 6.07) is 5.26. The quantitative estimate of drug-likeness (QED) is 0.934. The van der Waals surface area contributed by atoms with E-state index in [9.17, 15) is 0 Å². The maximum Gasteiger partial charge on any atom is 0.228 e. The average molecular weight is 312 g/mol. The molecule has 2 aromatic rings. The molecule has 0 unspecified atom stereocenters. The number of nitrogens with zero attached hydrogens (tertiary/aromatic N) is 2. The zero-order chi connectivity index (χ0) is 14.2. The number of benzene rings is 1. The Balaban J connectivity index is 1.81. The fourth-order valence-electron chi connectivity index (χ4n) is 2.64. The molecular formula is C14H15Cl2N3O. The number of nitrogens with two attached hydrogens (primary N) is 1. The van der Waals surface area contributed by atoms with Crippen LogP contribution in [0.3, 0.4) is 0 Å². The standard InChI is InChI=1S/C14H15Cl2N3O/c15-10-4-3-9(7-11(10)16)13-18-12(20-19-13)8-14(17)5-1-2-6-14/h3-4,7H,1-2,5-6,8,17H2. The molecule has 0 spiro atoms. The number of aromatic nitrogens is 2. The molecule has 0 saturated heterocycles. The summed E-state index contributed by atoms with van der Waals surface area (Å²) in [6.45, 7) is 0. The Hall–Kier alpha value is -1.10. The van der Waals surface area contributed by atoms with Crippen LogP contribution in [-0.2, 0) is 6.42 Å². The lowest BCUT2D eigenvalue weighted by atomic mass is 9.95. The van der Waals surface area contributed by atoms with Gasteiger partial charge in [0.15, 0.2) is 0 Å². The second-order valence-electron chi connectivity index (χ2n) is 5.39. The Morgan fingerprint density at radius 3 is 2.65 bits per heavy atom. The molecule has 1 aromatic carbocycles. The molecule has 4 nitrogen and oxygen atoms in total. The van der Waals surface area contributed by atoms with Crippen LogP contribution in [0, 0.1) is 0 Å². The molecule has 0 radical (unpaired) electrons. The van der Waals surface area contributed by atoms with Crippen LogP contribution in [0.15, 0.2) is 22.7 Å². The molecule has 1 aliphatic carbocycles. The summed E-state index contributed by atoms with van der Waals surface area (Å²) >= 11 is 11.9. The summed E-state index contributed by atoms with van der Waals surface area (Å²) in [5.74, 6) is 1.09. The molecular weight excluding hydrogens is 297 g/mol. The highest BCUT2D eigenvalue weighted by Crippen LogP contribution is 2.31. The summed E-state index contributed by atoms with van der Waals surface area (Å²) in [7, 11) is 0. The van der Waals surface area contributed by atoms with Gasteiger partial charge in [0.1, 0.15) is 0 Å². The SMILES string of the molecule is NC1(Cc2nc(-c3ccc(Cl)c(Cl)c3)no2)CCCC1. The summed E-state index contributed by atoms with van der Waals surface area (Å²) in [5.41, 5.74) is 6.91. The van der Waals surface area contributed by atoms with Gasteiger partial charge in [-0.25, -0.2) is 0 Å². The topological polar surface area (TPSA) is 64.9 Å². The molecule has 106 valence electrons. The molecule has 2 N–H and O–H groups in total. The van der Waals surface area contributed by atoms with Gasteiger partial charge in [0.25, 0.3) is 0 Å². The van der Waals surface area contributed by atoms with Crippen LogP contribution in [0.25, 0.3) is 11.4 Å². The molecule has 6 heteroatoms. The molecule has 1 aromatic heterocycles. The van der Waals surface area contributed by atoms with Crippen molar-refractivity contribution in [1.29, 1.82) is 0 Å². The van der Waals surface area contributed by atoms with E-state index in [0.717, 1.165) is 18.4 Å². The Labute approximate surface area is 127 Å². The fourth-order valence-corrected chi connectivity index (χ4v) is 2.93. The Bertz CT molecular complexity index is 621. The molecule has 1 heterocycles. The summed E-state index contributed by atoms with van der Waals surface area (Å²) in [5, 5.41) is 4.97. The molecule has 20 heavy (non-hydrogen) atoms. The van der Waals surface area contributed by atoms with Crippen molar-refractivity contribution in [2.45, 2.75) is 37.6 Å². The molecule has 0 aliphatic heterocycles. The third-order valence-corrected chi connectivity index (χ3v) is 4.49. The summed E-state index contributed by atoms with van der Waals surface area (Å²) in [6.07, 6.45) is 4.99. The van der Waals surface area contributed by atoms with Crippen LogP contribution in [0.2, 0.25) is 10.0 Å². The molecule has 1 fully saturated rings. The fraction of sp³-hybridized carbons (Fsp3) is 0.429. The predicted molar refractivity (Wildman–Crippen MR) is 78.8 cm³/mol. The van der Waals surface area contributed by atoms with Crippen molar-refractivity contribution in [3.8, 4) is 11.4 Å². The lowest BCUT2D eigenvalue weighted by molar-refractivity contribution is 0.329. The first-order valence-electron chi connectivity index (χ1n) is 6.63. The molecule has 1 aliphatic rings. The van der Waals surface area contributed by atoms with E-state index in [1.54, 1.807) is 12.1 Å². The van der Waals surface area contributed by atoms with Crippen LogP contribution in [0.5, 0.6) is 0 Å². The van der Waals surface area contributed by atoms with Crippen molar-refractivity contribution in [1.82, 2.24) is 10.1 Å². The predicted octanol–water partition coefficient (Wildman–Crippen LogP) is 3.86. The maximum atomic E-state index is 6.32. The van der Waals surface area contributed by atoms with Gasteiger partial charge in [-0.15, -0.1) is 0 Å². The van der Waals surface area contributed by atoms with E-state index >= 15 is 0 Å². The zero-order valence-corrected chi connectivity index (χ0v) is 12.4. The Morgan fingerprint density at radius 1 is 1.20 bits per heavy atom. The monoisotopic (exact) mass is 311 g/mol. The third kappa shape index (κ3) is 2.82. The first-order chi connectivity index (χ1) is 9.56. The van der Waals surface area contributed by atoms with Crippen LogP contribution in [0.1, 0.15) is 31.6 Å². The molecule has 3 rings (SSSR count). The Morgan fingerprint density at radius 2 is 1.95 bits per heavy atom. The normalized spacial score (nSPS) is 17.6. The van der Waals surface area contributed by atoms with Gasteiger partial charge in [-0.05, 0) is 31.0 Å². The van der Waals surface area contributed by atoms with Gasteiger partial charge in [0.05, 0.1) is 10.0 Å². The average Bonchev–Trinajstić information content (AvgIpc) is 3.03. The van der Waals surface area contributed by atoms with Crippen molar-refractivity contribution in [2.24, 2.45) is 5.73 Å². The molecule has 0 bridgehead atoms. The second kappa shape index (κ2) is 5.35. The minimum Gasteiger partial charge on any atom is -0.339 e. The van der Waals surface area contributed by atoms with E-state index in [1.807, 2.05) is 6.07 Å². The van der Waals surface area contributed by atoms with E-state index in [4.69, 9.17) is 33.5 Å². The first-order valence-corrected chi connectivity index (χ1v) is 7.38. The van der Waals surface area contributed by atoms with E-state index in [1.165, 1.54) is 12.8 Å². The van der Waals surface area contributed by atoms with Crippen LogP contribution >= 0.6 is 23.2 Å². The second-order valence-corrected chi connectivity index (χ2v) is 6.20. The number of halogens is 2. The van der Waals surface area contributed by atoms with Crippen LogP contribution in [-0.4, -0.2) is 15.7 Å². The van der Waals surface area contributed by atoms with E-state index in [0.29, 0.717) is 28.2 Å². The minimum absolute atomic E-state index is 0.193. The van der Waals surface area contributed by atoms with Gasteiger partial charge in [-0.3, -0.25) is 0 Å². The van der Waals surface area contributed by atoms with Crippen molar-refractivity contribution < 1.29 is 4.52 Å². The lowest BCUT2D eigenvalue weighted by Gasteiger charge is -2.20. The first kappa shape index (κ1) is 13.9. The Kier molecular flexibility index (Phi) is 3.71. The van der Waals surface area contributed by atoms with Crippen molar-refractivity contribution in [3.63, 3.8) is 0 Å². The van der Waals surface area contributed by atoms with Crippen molar-refractivity contribution in [2.75, 3.05) is 0 Å². The van der Waals surface area contributed by atoms with Crippen molar-refractivity contribution >= 4 is 23.2 Å². The van der Waals surface area contributed by atoms with Crippen molar-refractivity contribution in [3.05, 3.63) is 34.1 Å². The maximum absolute atomic E-state index is 6.32. The van der Waals surface area contributed by atoms with Crippen LogP contribution < -0.4 is 5.73 Å². The number of rotatable bonds is 3. The van der Waals surface area contributed by atoms with Gasteiger partial charge < -0.3 is 10.3 Å². The lowest BCUT2D eigenvalue weighted by Crippen LogP contribution is -2.38. The molecule has 1 saturated carbocycles. The van der Waals surface area contributed by atoms with Gasteiger partial charge in [0.2, 0.25) is 11.7 Å². The summed E-state index contributed by atoms with van der Waals surface area (Å²) in [4.78, 5) is 4.40. The van der Waals surface area contributed by atoms with Gasteiger partial charge in [-0.2, -0.15) is 4.98 Å². The minimum atomic E-state index is -0.193. The summed E-state index contributed by atoms with van der Waals surface area (Å²) < 4.78 is 5.30. The van der Waals surface area contributed by atoms with E-state index in [-0.39, 0.29) is 5.54 Å². The smallest absolute Gasteiger partial charge is 0.228 e. The highest BCUT2D eigenvalue weighted by Gasteiger charge is 2.31. The van der Waals surface area contributed by atoms with Gasteiger partial charge in [-0.1, -0.05) is 41.2 Å². The number of hydrogen-bond acceptors (Lipinski definition) is 4. The number of hydrogen-bond donors (Lipinski definition) is 1. The van der Waals surface area contributed by atoms with Gasteiger partial charge in [0, 0.05) is 17.5 Å². The van der Waals surface area contributed by atoms with Crippen LogP contribution in [0.4, 0.5) is 0 Å². The van der Waals surface area contributed by atoms with Gasteiger partial charge >= 0.3 is 0 Å². The largest absolute Gasteiger partial charge is 0.339 e. The zero-order valence-electron chi connectivity index (χ0n) is 10.9. The van der Waals surface area contributed by atoms with E-state index < -0.39 is 0 Å². The molecule has 0 atom stereocenters.